The second-order valence-corrected chi connectivity index (χ2v) is 8.67. The van der Waals surface area contributed by atoms with E-state index >= 15 is 0 Å². The number of urea groups is 1. The Morgan fingerprint density at radius 3 is 2.58 bits per heavy atom. The van der Waals surface area contributed by atoms with E-state index in [4.69, 9.17) is 4.74 Å². The molecule has 0 spiro atoms. The summed E-state index contributed by atoms with van der Waals surface area (Å²) in [4.78, 5) is 39.6. The quantitative estimate of drug-likeness (QED) is 0.303. The van der Waals surface area contributed by atoms with Crippen LogP contribution in [0.3, 0.4) is 0 Å². The van der Waals surface area contributed by atoms with Crippen LogP contribution in [0, 0.1) is 0 Å². The van der Waals surface area contributed by atoms with Gasteiger partial charge in [0.05, 0.1) is 6.10 Å². The summed E-state index contributed by atoms with van der Waals surface area (Å²) in [6.45, 7) is 3.18. The normalized spacial score (nSPS) is 16.9. The molecular weight excluding hydrogens is 422 g/mol. The van der Waals surface area contributed by atoms with Gasteiger partial charge in [0.25, 0.3) is 5.91 Å². The van der Waals surface area contributed by atoms with Crippen molar-refractivity contribution in [2.24, 2.45) is 0 Å². The second-order valence-electron chi connectivity index (χ2n) is 8.67. The summed E-state index contributed by atoms with van der Waals surface area (Å²) in [7, 11) is 1.50. The van der Waals surface area contributed by atoms with Crippen molar-refractivity contribution in [3.05, 3.63) is 35.9 Å². The molecule has 8 heteroatoms. The van der Waals surface area contributed by atoms with E-state index < -0.39 is 18.2 Å². The molecule has 1 aromatic carbocycles. The number of hydrogen-bond acceptors (Lipinski definition) is 5. The minimum Gasteiger partial charge on any atom is -0.445 e. The smallest absolute Gasteiger partial charge is 0.407 e. The molecule has 1 heterocycles. The minimum atomic E-state index is -0.500. The van der Waals surface area contributed by atoms with Crippen LogP contribution < -0.4 is 5.32 Å². The van der Waals surface area contributed by atoms with Crippen molar-refractivity contribution in [1.82, 2.24) is 15.1 Å². The standard InChI is InChI=1S/C25H39N3O5/c1-3-4-5-9-14-21(29)16-18-28-22(23(30)27(2)25(28)32)15-10-11-17-26-24(31)33-19-20-12-7-6-8-13-20/h6-8,12-13,21-22,29H,3-5,9-11,14-19H2,1-2H3,(H,26,31). The summed E-state index contributed by atoms with van der Waals surface area (Å²) in [6, 6.07) is 8.66. The summed E-state index contributed by atoms with van der Waals surface area (Å²) in [5.41, 5.74) is 0.923. The van der Waals surface area contributed by atoms with Gasteiger partial charge in [-0.25, -0.2) is 9.59 Å². The molecule has 2 atom stereocenters. The largest absolute Gasteiger partial charge is 0.445 e. The molecule has 1 aromatic rings. The number of alkyl carbamates (subject to hydrolysis) is 1. The summed E-state index contributed by atoms with van der Waals surface area (Å²) in [6.07, 6.45) is 6.57. The minimum absolute atomic E-state index is 0.201. The van der Waals surface area contributed by atoms with Crippen LogP contribution in [0.15, 0.2) is 30.3 Å². The third-order valence-corrected chi connectivity index (χ3v) is 6.01. The van der Waals surface area contributed by atoms with E-state index in [0.29, 0.717) is 38.8 Å². The number of aliphatic hydroxyl groups is 1. The molecule has 0 radical (unpaired) electrons. The average molecular weight is 462 g/mol. The summed E-state index contributed by atoms with van der Waals surface area (Å²) < 4.78 is 5.18. The van der Waals surface area contributed by atoms with Gasteiger partial charge in [-0.2, -0.15) is 0 Å². The number of likely N-dealkylation sites (N-methyl/N-ethyl adjacent to an activating group) is 1. The molecule has 0 aromatic heterocycles. The van der Waals surface area contributed by atoms with Crippen molar-refractivity contribution >= 4 is 18.0 Å². The molecule has 1 aliphatic heterocycles. The van der Waals surface area contributed by atoms with Crippen molar-refractivity contribution < 1.29 is 24.2 Å². The number of rotatable bonds is 15. The Morgan fingerprint density at radius 2 is 1.85 bits per heavy atom. The Morgan fingerprint density at radius 1 is 1.09 bits per heavy atom. The lowest BCUT2D eigenvalue weighted by Crippen LogP contribution is -2.37. The lowest BCUT2D eigenvalue weighted by atomic mass is 10.1. The fourth-order valence-corrected chi connectivity index (χ4v) is 3.97. The molecule has 1 fully saturated rings. The zero-order chi connectivity index (χ0) is 24.1. The fourth-order valence-electron chi connectivity index (χ4n) is 3.97. The number of nitrogens with zero attached hydrogens (tertiary/aromatic N) is 2. The van der Waals surface area contributed by atoms with Gasteiger partial charge in [-0.3, -0.25) is 9.69 Å². The van der Waals surface area contributed by atoms with Crippen molar-refractivity contribution in [3.8, 4) is 0 Å². The number of ether oxygens (including phenoxy) is 1. The van der Waals surface area contributed by atoms with Crippen molar-refractivity contribution in [2.75, 3.05) is 20.1 Å². The van der Waals surface area contributed by atoms with E-state index in [0.717, 1.165) is 42.6 Å². The van der Waals surface area contributed by atoms with Crippen LogP contribution in [0.2, 0.25) is 0 Å². The molecule has 2 rings (SSSR count). The molecule has 33 heavy (non-hydrogen) atoms. The van der Waals surface area contributed by atoms with Gasteiger partial charge in [0.2, 0.25) is 0 Å². The lowest BCUT2D eigenvalue weighted by molar-refractivity contribution is -0.127. The van der Waals surface area contributed by atoms with Crippen molar-refractivity contribution in [3.63, 3.8) is 0 Å². The van der Waals surface area contributed by atoms with E-state index in [9.17, 15) is 19.5 Å². The number of carbonyl (C=O) groups excluding carboxylic acids is 3. The van der Waals surface area contributed by atoms with Crippen LogP contribution in [-0.4, -0.2) is 65.2 Å². The second kappa shape index (κ2) is 14.5. The molecule has 0 saturated carbocycles. The Kier molecular flexibility index (Phi) is 11.7. The van der Waals surface area contributed by atoms with Gasteiger partial charge >= 0.3 is 12.1 Å². The summed E-state index contributed by atoms with van der Waals surface area (Å²) in [5.74, 6) is -0.201. The Bertz CT molecular complexity index is 743. The van der Waals surface area contributed by atoms with Crippen LogP contribution in [-0.2, 0) is 16.1 Å². The van der Waals surface area contributed by atoms with Gasteiger partial charge in [-0.15, -0.1) is 0 Å². The fraction of sp³-hybridized carbons (Fsp3) is 0.640. The molecule has 0 aliphatic carbocycles. The summed E-state index contributed by atoms with van der Waals surface area (Å²) in [5, 5.41) is 13.0. The van der Waals surface area contributed by atoms with Gasteiger partial charge in [-0.05, 0) is 37.7 Å². The van der Waals surface area contributed by atoms with Gasteiger partial charge < -0.3 is 20.1 Å². The van der Waals surface area contributed by atoms with Gasteiger partial charge in [0, 0.05) is 20.1 Å². The van der Waals surface area contributed by atoms with Crippen molar-refractivity contribution in [1.29, 1.82) is 0 Å². The maximum atomic E-state index is 12.5. The molecule has 2 unspecified atom stereocenters. The highest BCUT2D eigenvalue weighted by atomic mass is 16.5. The first-order valence-corrected chi connectivity index (χ1v) is 12.1. The SMILES string of the molecule is CCCCCCC(O)CCN1C(=O)N(C)C(=O)C1CCCCNC(=O)OCc1ccccc1. The number of amides is 4. The zero-order valence-electron chi connectivity index (χ0n) is 20.0. The maximum absolute atomic E-state index is 12.5. The molecule has 4 amide bonds. The molecular formula is C25H39N3O5. The Hall–Kier alpha value is -2.61. The first-order valence-electron chi connectivity index (χ1n) is 12.1. The highest BCUT2D eigenvalue weighted by Gasteiger charge is 2.42. The van der Waals surface area contributed by atoms with Gasteiger partial charge in [0.15, 0.2) is 0 Å². The predicted octanol–water partition coefficient (Wildman–Crippen LogP) is 4.07. The number of carbonyl (C=O) groups is 3. The molecule has 1 saturated heterocycles. The van der Waals surface area contributed by atoms with Gasteiger partial charge in [0.1, 0.15) is 12.6 Å². The number of benzene rings is 1. The summed E-state index contributed by atoms with van der Waals surface area (Å²) >= 11 is 0. The van der Waals surface area contributed by atoms with Crippen LogP contribution in [0.4, 0.5) is 9.59 Å². The van der Waals surface area contributed by atoms with Crippen molar-refractivity contribution in [2.45, 2.75) is 83.5 Å². The average Bonchev–Trinajstić information content (AvgIpc) is 3.02. The van der Waals surface area contributed by atoms with E-state index in [1.165, 1.54) is 7.05 Å². The third-order valence-electron chi connectivity index (χ3n) is 6.01. The molecule has 8 nitrogen and oxygen atoms in total. The van der Waals surface area contributed by atoms with E-state index in [2.05, 4.69) is 12.2 Å². The van der Waals surface area contributed by atoms with Crippen LogP contribution >= 0.6 is 0 Å². The first-order chi connectivity index (χ1) is 15.9. The van der Waals surface area contributed by atoms with Gasteiger partial charge in [-0.1, -0.05) is 62.9 Å². The van der Waals surface area contributed by atoms with E-state index in [1.54, 1.807) is 4.90 Å². The maximum Gasteiger partial charge on any atom is 0.407 e. The third kappa shape index (κ3) is 9.04. The lowest BCUT2D eigenvalue weighted by Gasteiger charge is -2.23. The van der Waals surface area contributed by atoms with E-state index in [-0.39, 0.29) is 18.5 Å². The molecule has 2 N–H and O–H groups in total. The molecule has 1 aliphatic rings. The molecule has 0 bridgehead atoms. The molecule has 184 valence electrons. The van der Waals surface area contributed by atoms with Crippen LogP contribution in [0.25, 0.3) is 0 Å². The Labute approximate surface area is 197 Å². The van der Waals surface area contributed by atoms with Crippen LogP contribution in [0.1, 0.15) is 70.3 Å². The number of aliphatic hydroxyl groups excluding tert-OH is 1. The number of nitrogens with one attached hydrogen (secondary N) is 1. The Balaban J connectivity index is 1.67. The first kappa shape index (κ1) is 26.6. The predicted molar refractivity (Wildman–Crippen MR) is 127 cm³/mol. The number of unbranched alkanes of at least 4 members (excludes halogenated alkanes) is 4. The zero-order valence-corrected chi connectivity index (χ0v) is 20.0. The number of imide groups is 1. The highest BCUT2D eigenvalue weighted by Crippen LogP contribution is 2.22. The number of hydrogen-bond donors (Lipinski definition) is 2. The van der Waals surface area contributed by atoms with E-state index in [1.807, 2.05) is 30.3 Å². The van der Waals surface area contributed by atoms with Crippen LogP contribution in [0.5, 0.6) is 0 Å². The topological polar surface area (TPSA) is 99.2 Å². The highest BCUT2D eigenvalue weighted by molar-refractivity contribution is 6.03. The monoisotopic (exact) mass is 461 g/mol.